The van der Waals surface area contributed by atoms with Crippen LogP contribution in [0, 0.1) is 0 Å². The van der Waals surface area contributed by atoms with Crippen LogP contribution in [0.3, 0.4) is 0 Å². The Morgan fingerprint density at radius 3 is 3.00 bits per heavy atom. The lowest BCUT2D eigenvalue weighted by Gasteiger charge is -2.10. The van der Waals surface area contributed by atoms with Gasteiger partial charge in [-0.3, -0.25) is 14.5 Å². The van der Waals surface area contributed by atoms with E-state index in [1.54, 1.807) is 23.5 Å². The molecule has 2 aromatic heterocycles. The van der Waals surface area contributed by atoms with Crippen molar-refractivity contribution in [2.24, 2.45) is 0 Å². The van der Waals surface area contributed by atoms with Crippen molar-refractivity contribution in [3.63, 3.8) is 0 Å². The van der Waals surface area contributed by atoms with Gasteiger partial charge in [0, 0.05) is 30.0 Å². The van der Waals surface area contributed by atoms with Gasteiger partial charge in [0.1, 0.15) is 11.4 Å². The van der Waals surface area contributed by atoms with Crippen LogP contribution >= 0.6 is 11.3 Å². The molecule has 0 N–H and O–H groups in total. The smallest absolute Gasteiger partial charge is 0.312 e. The first-order valence-electron chi connectivity index (χ1n) is 9.13. The largest absolute Gasteiger partial charge is 0.496 e. The highest BCUT2D eigenvalue weighted by Gasteiger charge is 2.24. The van der Waals surface area contributed by atoms with E-state index in [2.05, 4.69) is 10.1 Å². The molecule has 0 spiro atoms. The van der Waals surface area contributed by atoms with Crippen LogP contribution in [0.4, 0.5) is 5.13 Å². The third-order valence-electron chi connectivity index (χ3n) is 4.49. The first kappa shape index (κ1) is 19.1. The Labute approximate surface area is 171 Å². The van der Waals surface area contributed by atoms with Crippen molar-refractivity contribution in [3.8, 4) is 17.0 Å². The minimum Gasteiger partial charge on any atom is -0.496 e. The number of amides is 1. The van der Waals surface area contributed by atoms with Crippen LogP contribution in [0.25, 0.3) is 11.3 Å². The van der Waals surface area contributed by atoms with E-state index in [0.717, 1.165) is 12.0 Å². The summed E-state index contributed by atoms with van der Waals surface area (Å²) in [4.78, 5) is 30.0. The molecule has 3 heterocycles. The Balaban J connectivity index is 1.33. The Bertz CT molecular complexity index is 1030. The Morgan fingerprint density at radius 2 is 2.21 bits per heavy atom. The summed E-state index contributed by atoms with van der Waals surface area (Å²) in [6, 6.07) is 9.17. The molecule has 8 nitrogen and oxygen atoms in total. The average Bonchev–Trinajstić information content (AvgIpc) is 3.47. The summed E-state index contributed by atoms with van der Waals surface area (Å²) in [7, 11) is 1.59. The zero-order valence-electron chi connectivity index (χ0n) is 15.8. The number of ether oxygens (including phenoxy) is 2. The second-order valence-electron chi connectivity index (χ2n) is 6.49. The first-order chi connectivity index (χ1) is 14.1. The van der Waals surface area contributed by atoms with Gasteiger partial charge in [-0.25, -0.2) is 4.98 Å². The highest BCUT2D eigenvalue weighted by molar-refractivity contribution is 7.14. The molecular weight excluding hydrogens is 394 g/mol. The summed E-state index contributed by atoms with van der Waals surface area (Å²) in [5.74, 6) is 0.760. The second-order valence-corrected chi connectivity index (χ2v) is 7.32. The van der Waals surface area contributed by atoms with E-state index in [0.29, 0.717) is 41.0 Å². The van der Waals surface area contributed by atoms with Crippen LogP contribution < -0.4 is 9.64 Å². The van der Waals surface area contributed by atoms with E-state index >= 15 is 0 Å². The molecule has 1 fully saturated rings. The number of esters is 1. The summed E-state index contributed by atoms with van der Waals surface area (Å²) < 4.78 is 15.9. The molecule has 0 atom stereocenters. The first-order valence-corrected chi connectivity index (χ1v) is 10.0. The molecule has 0 aliphatic carbocycles. The number of para-hydroxylation sites is 1. The lowest BCUT2D eigenvalue weighted by Crippen LogP contribution is -2.23. The summed E-state index contributed by atoms with van der Waals surface area (Å²) in [6.45, 7) is 0.652. The fraction of sp³-hybridized carbons (Fsp3) is 0.300. The maximum Gasteiger partial charge on any atom is 0.312 e. The molecule has 0 saturated carbocycles. The number of nitrogens with zero attached hydrogens (tertiary/aromatic N) is 3. The highest BCUT2D eigenvalue weighted by atomic mass is 32.1. The minimum atomic E-state index is -0.426. The van der Waals surface area contributed by atoms with Gasteiger partial charge in [-0.2, -0.15) is 0 Å². The van der Waals surface area contributed by atoms with Crippen LogP contribution in [0.1, 0.15) is 24.3 Å². The van der Waals surface area contributed by atoms with Crippen molar-refractivity contribution in [1.82, 2.24) is 10.1 Å². The molecule has 4 rings (SSSR count). The molecule has 3 aromatic rings. The molecule has 0 radical (unpaired) electrons. The Morgan fingerprint density at radius 1 is 1.34 bits per heavy atom. The van der Waals surface area contributed by atoms with Gasteiger partial charge in [0.2, 0.25) is 5.91 Å². The van der Waals surface area contributed by atoms with E-state index in [1.165, 1.54) is 11.3 Å². The van der Waals surface area contributed by atoms with Crippen molar-refractivity contribution in [2.45, 2.75) is 25.9 Å². The van der Waals surface area contributed by atoms with Gasteiger partial charge in [0.15, 0.2) is 17.5 Å². The van der Waals surface area contributed by atoms with Crippen molar-refractivity contribution in [1.29, 1.82) is 0 Å². The van der Waals surface area contributed by atoms with E-state index in [1.807, 2.05) is 24.3 Å². The number of carbonyl (C=O) groups excluding carboxylic acids is 2. The van der Waals surface area contributed by atoms with Gasteiger partial charge in [0.25, 0.3) is 0 Å². The molecule has 1 amide bonds. The topological polar surface area (TPSA) is 94.8 Å². The predicted octanol–water partition coefficient (Wildman–Crippen LogP) is 3.22. The number of hydrogen-bond acceptors (Lipinski definition) is 8. The van der Waals surface area contributed by atoms with E-state index in [4.69, 9.17) is 14.0 Å². The maximum absolute atomic E-state index is 12.1. The summed E-state index contributed by atoms with van der Waals surface area (Å²) >= 11 is 1.36. The van der Waals surface area contributed by atoms with Gasteiger partial charge in [-0.15, -0.1) is 11.3 Å². The monoisotopic (exact) mass is 413 g/mol. The van der Waals surface area contributed by atoms with Crippen molar-refractivity contribution >= 4 is 28.3 Å². The van der Waals surface area contributed by atoms with Gasteiger partial charge in [0.05, 0.1) is 19.2 Å². The molecule has 0 bridgehead atoms. The van der Waals surface area contributed by atoms with Gasteiger partial charge in [-0.1, -0.05) is 17.3 Å². The average molecular weight is 413 g/mol. The summed E-state index contributed by atoms with van der Waals surface area (Å²) in [5.41, 5.74) is 1.98. The minimum absolute atomic E-state index is 0.0252. The van der Waals surface area contributed by atoms with Crippen molar-refractivity contribution < 1.29 is 23.6 Å². The summed E-state index contributed by atoms with van der Waals surface area (Å²) in [6.07, 6.45) is 1.42. The lowest BCUT2D eigenvalue weighted by atomic mass is 10.1. The maximum atomic E-state index is 12.1. The fourth-order valence-corrected chi connectivity index (χ4v) is 3.93. The molecule has 1 saturated heterocycles. The number of aromatic nitrogens is 2. The fourth-order valence-electron chi connectivity index (χ4n) is 3.07. The normalized spacial score (nSPS) is 13.7. The van der Waals surface area contributed by atoms with Crippen LogP contribution in [-0.4, -0.2) is 35.7 Å². The SMILES string of the molecule is COc1ccccc1-c1cc(COC(=O)Cc2csc(N3CCCC3=O)n2)on1. The van der Waals surface area contributed by atoms with Gasteiger partial charge in [-0.05, 0) is 18.6 Å². The molecular formula is C20H19N3O5S. The third kappa shape index (κ3) is 4.29. The van der Waals surface area contributed by atoms with Crippen molar-refractivity contribution in [3.05, 3.63) is 47.2 Å². The molecule has 150 valence electrons. The number of thiazole rings is 1. The highest BCUT2D eigenvalue weighted by Crippen LogP contribution is 2.29. The number of benzene rings is 1. The lowest BCUT2D eigenvalue weighted by molar-refractivity contribution is -0.144. The second kappa shape index (κ2) is 8.44. The number of methoxy groups -OCH3 is 1. The number of hydrogen-bond donors (Lipinski definition) is 0. The summed E-state index contributed by atoms with van der Waals surface area (Å²) in [5, 5.41) is 6.42. The van der Waals surface area contributed by atoms with Crippen LogP contribution in [0.5, 0.6) is 5.75 Å². The number of rotatable bonds is 7. The molecule has 1 aromatic carbocycles. The Hall–Kier alpha value is -3.20. The van der Waals surface area contributed by atoms with Crippen LogP contribution in [-0.2, 0) is 27.4 Å². The zero-order chi connectivity index (χ0) is 20.2. The molecule has 1 aliphatic heterocycles. The number of carbonyl (C=O) groups is 2. The van der Waals surface area contributed by atoms with Crippen LogP contribution in [0.15, 0.2) is 40.2 Å². The quantitative estimate of drug-likeness (QED) is 0.549. The predicted molar refractivity (Wildman–Crippen MR) is 106 cm³/mol. The third-order valence-corrected chi connectivity index (χ3v) is 5.40. The van der Waals surface area contributed by atoms with Gasteiger partial charge >= 0.3 is 5.97 Å². The zero-order valence-corrected chi connectivity index (χ0v) is 16.6. The molecule has 9 heteroatoms. The molecule has 29 heavy (non-hydrogen) atoms. The number of anilines is 1. The van der Waals surface area contributed by atoms with E-state index < -0.39 is 5.97 Å². The van der Waals surface area contributed by atoms with Crippen LogP contribution in [0.2, 0.25) is 0 Å². The van der Waals surface area contributed by atoms with Crippen molar-refractivity contribution in [2.75, 3.05) is 18.6 Å². The molecule has 0 unspecified atom stereocenters. The Kier molecular flexibility index (Phi) is 5.57. The molecule has 1 aliphatic rings. The standard InChI is InChI=1S/C20H19N3O5S/c1-26-17-6-3-2-5-15(17)16-10-14(28-22-16)11-27-19(25)9-13-12-29-20(21-13)23-8-4-7-18(23)24/h2-3,5-6,10,12H,4,7-9,11H2,1H3. The van der Waals surface area contributed by atoms with E-state index in [-0.39, 0.29) is 18.9 Å². The van der Waals surface area contributed by atoms with Gasteiger partial charge < -0.3 is 14.0 Å². The van der Waals surface area contributed by atoms with E-state index in [9.17, 15) is 9.59 Å².